The van der Waals surface area contributed by atoms with E-state index in [-0.39, 0.29) is 36.1 Å². The van der Waals surface area contributed by atoms with E-state index in [1.165, 1.54) is 0 Å². The van der Waals surface area contributed by atoms with Crippen molar-refractivity contribution in [1.82, 2.24) is 4.90 Å². The number of aliphatic hydroxyl groups is 1. The lowest BCUT2D eigenvalue weighted by molar-refractivity contribution is -0.275. The molecule has 4 aliphatic rings. The molecule has 0 radical (unpaired) electrons. The van der Waals surface area contributed by atoms with Gasteiger partial charge in [0.1, 0.15) is 5.75 Å². The first kappa shape index (κ1) is 22.8. The summed E-state index contributed by atoms with van der Waals surface area (Å²) in [6, 6.07) is 3.75. The predicted molar refractivity (Wildman–Crippen MR) is 120 cm³/mol. The molecular formula is C26H35NO6. The minimum Gasteiger partial charge on any atom is -0.507 e. The number of hydrogen-bond acceptors (Lipinski definition) is 6. The summed E-state index contributed by atoms with van der Waals surface area (Å²) in [5.74, 6) is -3.30. The van der Waals surface area contributed by atoms with Crippen molar-refractivity contribution < 1.29 is 29.3 Å². The molecule has 7 nitrogen and oxygen atoms in total. The highest BCUT2D eigenvalue weighted by Crippen LogP contribution is 2.58. The minimum atomic E-state index is -1.53. The highest BCUT2D eigenvalue weighted by atomic mass is 16.6. The van der Waals surface area contributed by atoms with E-state index in [1.54, 1.807) is 12.0 Å². The van der Waals surface area contributed by atoms with E-state index in [4.69, 9.17) is 9.47 Å². The molecule has 0 spiro atoms. The number of likely N-dealkylation sites (tertiary alicyclic amines) is 1. The number of hydrogen-bond donors (Lipinski definition) is 2. The van der Waals surface area contributed by atoms with E-state index < -0.39 is 29.6 Å². The molecule has 4 fully saturated rings. The van der Waals surface area contributed by atoms with E-state index in [1.807, 2.05) is 26.0 Å². The fourth-order valence-electron chi connectivity index (χ4n) is 6.98. The van der Waals surface area contributed by atoms with Gasteiger partial charge >= 0.3 is 0 Å². The molecule has 2 aliphatic heterocycles. The molecule has 0 unspecified atom stereocenters. The number of carbonyl (C=O) groups is 2. The molecule has 180 valence electrons. The van der Waals surface area contributed by atoms with Crippen LogP contribution < -0.4 is 0 Å². The Bertz CT molecular complexity index is 933. The van der Waals surface area contributed by atoms with E-state index in [9.17, 15) is 19.8 Å². The maximum Gasteiger partial charge on any atom is 0.233 e. The Balaban J connectivity index is 1.49. The number of nitrogens with zero attached hydrogens (tertiary/aromatic N) is 1. The van der Waals surface area contributed by atoms with Gasteiger partial charge < -0.3 is 19.7 Å². The Morgan fingerprint density at radius 1 is 1.09 bits per heavy atom. The minimum absolute atomic E-state index is 0.0150. The molecule has 1 aromatic rings. The molecule has 5 rings (SSSR count). The summed E-state index contributed by atoms with van der Waals surface area (Å²) in [6.45, 7) is 3.95. The zero-order chi connectivity index (χ0) is 23.5. The lowest BCUT2D eigenvalue weighted by Gasteiger charge is -2.44. The number of carbonyl (C=O) groups excluding carboxylic acids is 2. The predicted octanol–water partition coefficient (Wildman–Crippen LogP) is 3.38. The van der Waals surface area contributed by atoms with Crippen LogP contribution in [0.25, 0.3) is 0 Å². The van der Waals surface area contributed by atoms with E-state index >= 15 is 0 Å². The maximum atomic E-state index is 13.7. The Labute approximate surface area is 195 Å². The van der Waals surface area contributed by atoms with Gasteiger partial charge in [0.15, 0.2) is 5.79 Å². The second kappa shape index (κ2) is 8.36. The molecule has 2 heterocycles. The van der Waals surface area contributed by atoms with Crippen LogP contribution in [0, 0.1) is 37.5 Å². The van der Waals surface area contributed by atoms with Gasteiger partial charge in [0.25, 0.3) is 0 Å². The van der Waals surface area contributed by atoms with Crippen molar-refractivity contribution in [2.75, 3.05) is 13.7 Å². The van der Waals surface area contributed by atoms with Crippen molar-refractivity contribution in [2.24, 2.45) is 23.7 Å². The second-order valence-electron chi connectivity index (χ2n) is 10.6. The van der Waals surface area contributed by atoms with Crippen LogP contribution in [-0.4, -0.2) is 52.5 Å². The van der Waals surface area contributed by atoms with Gasteiger partial charge in [-0.15, -0.1) is 0 Å². The number of phenols is 1. The van der Waals surface area contributed by atoms with Gasteiger partial charge in [0.05, 0.1) is 24.5 Å². The summed E-state index contributed by atoms with van der Waals surface area (Å²) < 4.78 is 11.8. The summed E-state index contributed by atoms with van der Waals surface area (Å²) in [6.07, 6.45) is 5.42. The highest BCUT2D eigenvalue weighted by molar-refractivity contribution is 6.05. The van der Waals surface area contributed by atoms with Gasteiger partial charge in [-0.25, -0.2) is 0 Å². The van der Waals surface area contributed by atoms with Gasteiger partial charge in [-0.3, -0.25) is 14.5 Å². The van der Waals surface area contributed by atoms with Crippen LogP contribution in [0.15, 0.2) is 12.1 Å². The van der Waals surface area contributed by atoms with Gasteiger partial charge in [-0.05, 0) is 68.4 Å². The zero-order valence-electron chi connectivity index (χ0n) is 19.8. The zero-order valence-corrected chi connectivity index (χ0v) is 19.8. The topological polar surface area (TPSA) is 96.3 Å². The summed E-state index contributed by atoms with van der Waals surface area (Å²) in [7, 11) is 1.58. The van der Waals surface area contributed by atoms with E-state index in [2.05, 4.69) is 0 Å². The first-order chi connectivity index (χ1) is 15.8. The van der Waals surface area contributed by atoms with Crippen LogP contribution in [-0.2, 0) is 19.1 Å². The first-order valence-corrected chi connectivity index (χ1v) is 12.3. The molecule has 2 amide bonds. The number of aryl methyl sites for hydroxylation is 2. The van der Waals surface area contributed by atoms with Crippen LogP contribution in [0.3, 0.4) is 0 Å². The fourth-order valence-corrected chi connectivity index (χ4v) is 6.98. The third kappa shape index (κ3) is 3.51. The van der Waals surface area contributed by atoms with Crippen molar-refractivity contribution in [1.29, 1.82) is 0 Å². The van der Waals surface area contributed by atoms with Crippen LogP contribution in [0.2, 0.25) is 0 Å². The second-order valence-corrected chi connectivity index (χ2v) is 10.6. The van der Waals surface area contributed by atoms with Gasteiger partial charge in [-0.2, -0.15) is 0 Å². The fraction of sp³-hybridized carbons (Fsp3) is 0.692. The Morgan fingerprint density at radius 2 is 1.76 bits per heavy atom. The third-order valence-corrected chi connectivity index (χ3v) is 8.59. The standard InChI is InChI=1S/C26H35NO6/c1-14-9-16(10-15(2)23(14)28)21-12-20-22-19(11-17(13-32-3)26(20,31)33-21)24(29)27(25(22)30)18-7-5-4-6-8-18/h9-10,17-22,28,31H,4-8,11-13H2,1-3H3/t17-,19+,20+,21+,22+,26-/m1/s1. The van der Waals surface area contributed by atoms with Gasteiger partial charge in [0, 0.05) is 25.0 Å². The summed E-state index contributed by atoms with van der Waals surface area (Å²) in [4.78, 5) is 28.7. The van der Waals surface area contributed by atoms with Crippen LogP contribution >= 0.6 is 0 Å². The lowest BCUT2D eigenvalue weighted by Crippen LogP contribution is -2.54. The van der Waals surface area contributed by atoms with Gasteiger partial charge in [0.2, 0.25) is 11.8 Å². The quantitative estimate of drug-likeness (QED) is 0.673. The summed E-state index contributed by atoms with van der Waals surface area (Å²) >= 11 is 0. The van der Waals surface area contributed by atoms with Gasteiger partial charge in [-0.1, -0.05) is 19.3 Å². The van der Waals surface area contributed by atoms with E-state index in [0.717, 1.165) is 48.8 Å². The third-order valence-electron chi connectivity index (χ3n) is 8.59. The summed E-state index contributed by atoms with van der Waals surface area (Å²) in [5, 5.41) is 22.0. The molecule has 2 aliphatic carbocycles. The monoisotopic (exact) mass is 457 g/mol. The van der Waals surface area contributed by atoms with Crippen molar-refractivity contribution >= 4 is 11.8 Å². The molecular weight excluding hydrogens is 422 g/mol. The highest BCUT2D eigenvalue weighted by Gasteiger charge is 2.67. The van der Waals surface area contributed by atoms with Crippen LogP contribution in [0.4, 0.5) is 0 Å². The molecule has 0 bridgehead atoms. The number of benzene rings is 1. The molecule has 33 heavy (non-hydrogen) atoms. The van der Waals surface area contributed by atoms with E-state index in [0.29, 0.717) is 12.8 Å². The molecule has 2 saturated carbocycles. The Hall–Kier alpha value is -1.96. The van der Waals surface area contributed by atoms with Crippen molar-refractivity contribution in [2.45, 2.75) is 76.7 Å². The number of aromatic hydroxyl groups is 1. The molecule has 6 atom stereocenters. The summed E-state index contributed by atoms with van der Waals surface area (Å²) in [5.41, 5.74) is 2.37. The smallest absolute Gasteiger partial charge is 0.233 e. The normalized spacial score (nSPS) is 36.8. The molecule has 2 N–H and O–H groups in total. The number of phenolic OH excluding ortho intramolecular Hbond substituents is 1. The maximum absolute atomic E-state index is 13.7. The average Bonchev–Trinajstić information content (AvgIpc) is 3.27. The number of rotatable bonds is 4. The molecule has 2 saturated heterocycles. The number of imide groups is 1. The largest absolute Gasteiger partial charge is 0.507 e. The SMILES string of the molecule is COC[C@H]1C[C@@H]2C(=O)N(C3CCCCC3)C(=O)[C@@H]2[C@@H]2C[C@@H](c3cc(C)c(O)c(C)c3)O[C@]12O. The average molecular weight is 458 g/mol. The van der Waals surface area contributed by atoms with Crippen molar-refractivity contribution in [3.63, 3.8) is 0 Å². The van der Waals surface area contributed by atoms with Crippen molar-refractivity contribution in [3.8, 4) is 5.75 Å². The molecule has 0 aromatic heterocycles. The number of ether oxygens (including phenoxy) is 2. The molecule has 1 aromatic carbocycles. The number of fused-ring (bicyclic) bond motifs is 3. The first-order valence-electron chi connectivity index (χ1n) is 12.3. The van der Waals surface area contributed by atoms with Crippen molar-refractivity contribution in [3.05, 3.63) is 28.8 Å². The molecule has 7 heteroatoms. The number of methoxy groups -OCH3 is 1. The number of amides is 2. The Morgan fingerprint density at radius 3 is 2.39 bits per heavy atom. The van der Waals surface area contributed by atoms with Crippen LogP contribution in [0.5, 0.6) is 5.75 Å². The van der Waals surface area contributed by atoms with Crippen LogP contribution in [0.1, 0.15) is 67.7 Å². The Kier molecular flexibility index (Phi) is 5.78. The lowest BCUT2D eigenvalue weighted by atomic mass is 9.64.